The molecule has 1 aliphatic rings. The Morgan fingerprint density at radius 1 is 1.00 bits per heavy atom. The highest BCUT2D eigenvalue weighted by Gasteiger charge is 2.18. The molecule has 1 aliphatic heterocycles. The first kappa shape index (κ1) is 13.1. The minimum atomic E-state index is 0.255. The number of amides is 1. The lowest BCUT2D eigenvalue weighted by Crippen LogP contribution is -2.29. The van der Waals surface area contributed by atoms with Crippen LogP contribution in [0.25, 0.3) is 10.8 Å². The first-order valence-corrected chi connectivity index (χ1v) is 7.17. The van der Waals surface area contributed by atoms with Crippen LogP contribution < -0.4 is 0 Å². The maximum atomic E-state index is 11.7. The zero-order valence-electron chi connectivity index (χ0n) is 11.9. The zero-order valence-corrected chi connectivity index (χ0v) is 11.9. The predicted molar refractivity (Wildman–Crippen MR) is 81.5 cm³/mol. The van der Waals surface area contributed by atoms with Crippen LogP contribution in [0, 0.1) is 0 Å². The molecule has 2 aromatic rings. The number of carbonyl (C=O) groups is 1. The highest BCUT2D eigenvalue weighted by Crippen LogP contribution is 2.20. The van der Waals surface area contributed by atoms with E-state index in [2.05, 4.69) is 47.4 Å². The summed E-state index contributed by atoms with van der Waals surface area (Å²) in [6, 6.07) is 15.0. The minimum Gasteiger partial charge on any atom is -0.344 e. The van der Waals surface area contributed by atoms with E-state index >= 15 is 0 Å². The van der Waals surface area contributed by atoms with Gasteiger partial charge in [0.15, 0.2) is 0 Å². The number of rotatable bonds is 2. The lowest BCUT2D eigenvalue weighted by Gasteiger charge is -2.20. The maximum Gasteiger partial charge on any atom is 0.223 e. The van der Waals surface area contributed by atoms with Gasteiger partial charge in [-0.3, -0.25) is 9.69 Å². The average molecular weight is 268 g/mol. The van der Waals surface area contributed by atoms with Crippen molar-refractivity contribution in [3.05, 3.63) is 48.0 Å². The lowest BCUT2D eigenvalue weighted by molar-refractivity contribution is -0.129. The highest BCUT2D eigenvalue weighted by atomic mass is 16.2. The van der Waals surface area contributed by atoms with Crippen LogP contribution in [-0.4, -0.2) is 42.4 Å². The van der Waals surface area contributed by atoms with Crippen molar-refractivity contribution in [3.8, 4) is 0 Å². The number of likely N-dealkylation sites (N-methyl/N-ethyl adjacent to an activating group) is 1. The first-order chi connectivity index (χ1) is 9.74. The molecule has 1 amide bonds. The highest BCUT2D eigenvalue weighted by molar-refractivity contribution is 5.85. The van der Waals surface area contributed by atoms with E-state index in [-0.39, 0.29) is 5.91 Å². The van der Waals surface area contributed by atoms with Gasteiger partial charge in [0.05, 0.1) is 0 Å². The Balaban J connectivity index is 1.81. The third-order valence-corrected chi connectivity index (χ3v) is 4.09. The maximum absolute atomic E-state index is 11.7. The Bertz CT molecular complexity index is 618. The van der Waals surface area contributed by atoms with Gasteiger partial charge >= 0.3 is 0 Å². The molecule has 0 aromatic heterocycles. The number of hydrogen-bond acceptors (Lipinski definition) is 2. The fraction of sp³-hybridized carbons (Fsp3) is 0.353. The second-order valence-electron chi connectivity index (χ2n) is 5.48. The summed E-state index contributed by atoms with van der Waals surface area (Å²) in [6.07, 6.45) is 0.626. The van der Waals surface area contributed by atoms with E-state index in [0.717, 1.165) is 26.2 Å². The molecule has 0 aliphatic carbocycles. The molecule has 0 spiro atoms. The second-order valence-corrected chi connectivity index (χ2v) is 5.48. The third kappa shape index (κ3) is 2.68. The summed E-state index contributed by atoms with van der Waals surface area (Å²) in [6.45, 7) is 3.55. The minimum absolute atomic E-state index is 0.255. The van der Waals surface area contributed by atoms with Crippen molar-refractivity contribution in [3.63, 3.8) is 0 Å². The number of hydrogen-bond donors (Lipinski definition) is 0. The molecule has 0 N–H and O–H groups in total. The molecule has 3 heteroatoms. The van der Waals surface area contributed by atoms with E-state index in [0.29, 0.717) is 6.42 Å². The Morgan fingerprint density at radius 3 is 2.70 bits per heavy atom. The van der Waals surface area contributed by atoms with Gasteiger partial charge in [0.25, 0.3) is 0 Å². The Labute approximate surface area is 119 Å². The van der Waals surface area contributed by atoms with Gasteiger partial charge in [-0.25, -0.2) is 0 Å². The van der Waals surface area contributed by atoms with Crippen LogP contribution in [0.4, 0.5) is 0 Å². The van der Waals surface area contributed by atoms with Crippen LogP contribution in [-0.2, 0) is 11.3 Å². The SMILES string of the molecule is CN1CCN(Cc2cccc3ccccc23)CCC1=O. The van der Waals surface area contributed by atoms with Crippen molar-refractivity contribution in [1.82, 2.24) is 9.80 Å². The Morgan fingerprint density at radius 2 is 1.80 bits per heavy atom. The largest absolute Gasteiger partial charge is 0.344 e. The van der Waals surface area contributed by atoms with Gasteiger partial charge < -0.3 is 4.90 Å². The zero-order chi connectivity index (χ0) is 13.9. The molecule has 1 heterocycles. The number of benzene rings is 2. The lowest BCUT2D eigenvalue weighted by atomic mass is 10.0. The summed E-state index contributed by atoms with van der Waals surface area (Å²) in [5.41, 5.74) is 1.35. The number of nitrogens with zero attached hydrogens (tertiary/aromatic N) is 2. The molecule has 2 aromatic carbocycles. The van der Waals surface area contributed by atoms with Crippen molar-refractivity contribution in [2.75, 3.05) is 26.7 Å². The molecular weight excluding hydrogens is 248 g/mol. The summed E-state index contributed by atoms with van der Waals surface area (Å²) in [5, 5.41) is 2.60. The quantitative estimate of drug-likeness (QED) is 0.835. The summed E-state index contributed by atoms with van der Waals surface area (Å²) in [7, 11) is 1.89. The molecule has 104 valence electrons. The molecule has 3 rings (SSSR count). The van der Waals surface area contributed by atoms with Crippen molar-refractivity contribution in [2.24, 2.45) is 0 Å². The van der Waals surface area contributed by atoms with Gasteiger partial charge in [-0.1, -0.05) is 42.5 Å². The van der Waals surface area contributed by atoms with Gasteiger partial charge in [-0.15, -0.1) is 0 Å². The van der Waals surface area contributed by atoms with E-state index in [1.165, 1.54) is 16.3 Å². The van der Waals surface area contributed by atoms with Gasteiger partial charge in [-0.05, 0) is 16.3 Å². The molecule has 0 unspecified atom stereocenters. The number of carbonyl (C=O) groups excluding carboxylic acids is 1. The van der Waals surface area contributed by atoms with Crippen LogP contribution in [0.1, 0.15) is 12.0 Å². The molecule has 3 nitrogen and oxygen atoms in total. The molecule has 1 fully saturated rings. The van der Waals surface area contributed by atoms with E-state index in [1.54, 1.807) is 0 Å². The van der Waals surface area contributed by atoms with Crippen molar-refractivity contribution >= 4 is 16.7 Å². The van der Waals surface area contributed by atoms with Gasteiger partial charge in [0.1, 0.15) is 0 Å². The van der Waals surface area contributed by atoms with E-state index in [9.17, 15) is 4.79 Å². The monoisotopic (exact) mass is 268 g/mol. The summed E-state index contributed by atoms with van der Waals surface area (Å²) >= 11 is 0. The van der Waals surface area contributed by atoms with Crippen LogP contribution >= 0.6 is 0 Å². The molecule has 0 saturated carbocycles. The van der Waals surface area contributed by atoms with Crippen LogP contribution in [0.3, 0.4) is 0 Å². The Kier molecular flexibility index (Phi) is 3.70. The standard InChI is InChI=1S/C17H20N2O/c1-18-11-12-19(10-9-17(18)20)13-15-7-4-6-14-5-2-3-8-16(14)15/h2-8H,9-13H2,1H3. The molecule has 0 bridgehead atoms. The molecule has 20 heavy (non-hydrogen) atoms. The van der Waals surface area contributed by atoms with Crippen molar-refractivity contribution < 1.29 is 4.79 Å². The normalized spacial score (nSPS) is 17.4. The molecule has 0 radical (unpaired) electrons. The molecule has 0 atom stereocenters. The third-order valence-electron chi connectivity index (χ3n) is 4.09. The fourth-order valence-corrected chi connectivity index (χ4v) is 2.80. The van der Waals surface area contributed by atoms with Crippen LogP contribution in [0.15, 0.2) is 42.5 Å². The van der Waals surface area contributed by atoms with Crippen LogP contribution in [0.2, 0.25) is 0 Å². The average Bonchev–Trinajstić information content (AvgIpc) is 2.63. The van der Waals surface area contributed by atoms with Gasteiger partial charge in [0.2, 0.25) is 5.91 Å². The van der Waals surface area contributed by atoms with E-state index < -0.39 is 0 Å². The van der Waals surface area contributed by atoms with E-state index in [4.69, 9.17) is 0 Å². The number of fused-ring (bicyclic) bond motifs is 1. The van der Waals surface area contributed by atoms with Crippen molar-refractivity contribution in [2.45, 2.75) is 13.0 Å². The van der Waals surface area contributed by atoms with E-state index in [1.807, 2.05) is 11.9 Å². The summed E-state index contributed by atoms with van der Waals surface area (Å²) in [4.78, 5) is 15.9. The summed E-state index contributed by atoms with van der Waals surface area (Å²) < 4.78 is 0. The Hall–Kier alpha value is -1.87. The smallest absolute Gasteiger partial charge is 0.223 e. The van der Waals surface area contributed by atoms with Crippen LogP contribution in [0.5, 0.6) is 0 Å². The summed E-state index contributed by atoms with van der Waals surface area (Å²) in [5.74, 6) is 0.255. The fourth-order valence-electron chi connectivity index (χ4n) is 2.80. The molecule has 1 saturated heterocycles. The molecular formula is C17H20N2O. The van der Waals surface area contributed by atoms with Crippen molar-refractivity contribution in [1.29, 1.82) is 0 Å². The van der Waals surface area contributed by atoms with Gasteiger partial charge in [-0.2, -0.15) is 0 Å². The van der Waals surface area contributed by atoms with Gasteiger partial charge in [0, 0.05) is 39.6 Å². The predicted octanol–water partition coefficient (Wildman–Crippen LogP) is 2.50. The second kappa shape index (κ2) is 5.63. The first-order valence-electron chi connectivity index (χ1n) is 7.17. The topological polar surface area (TPSA) is 23.6 Å².